The van der Waals surface area contributed by atoms with E-state index in [-0.39, 0.29) is 0 Å². The molecule has 0 atom stereocenters. The standard InChI is InChI=1S/C14H21N3O2/c1-9-4-6-11(7-5-9)16-14-15-10(2)8-12(17-14)13(18)19-3/h8-9,11H,4-7H2,1-3H3,(H,15,16,17). The Labute approximate surface area is 113 Å². The van der Waals surface area contributed by atoms with Crippen LogP contribution in [0.2, 0.25) is 0 Å². The molecule has 1 aromatic heterocycles. The molecular weight excluding hydrogens is 242 g/mol. The topological polar surface area (TPSA) is 64.1 Å². The summed E-state index contributed by atoms with van der Waals surface area (Å²) >= 11 is 0. The van der Waals surface area contributed by atoms with E-state index in [0.29, 0.717) is 17.7 Å². The maximum Gasteiger partial charge on any atom is 0.356 e. The fourth-order valence-corrected chi connectivity index (χ4v) is 2.43. The van der Waals surface area contributed by atoms with Gasteiger partial charge in [0.05, 0.1) is 7.11 Å². The van der Waals surface area contributed by atoms with Gasteiger partial charge >= 0.3 is 5.97 Å². The Kier molecular flexibility index (Phi) is 4.35. The Morgan fingerprint density at radius 2 is 2.00 bits per heavy atom. The van der Waals surface area contributed by atoms with Crippen LogP contribution in [0.5, 0.6) is 0 Å². The third kappa shape index (κ3) is 3.66. The average molecular weight is 263 g/mol. The summed E-state index contributed by atoms with van der Waals surface area (Å²) < 4.78 is 4.69. The van der Waals surface area contributed by atoms with Crippen molar-refractivity contribution in [3.05, 3.63) is 17.5 Å². The third-order valence-corrected chi connectivity index (χ3v) is 3.60. The second kappa shape index (κ2) is 5.99. The summed E-state index contributed by atoms with van der Waals surface area (Å²) in [7, 11) is 1.36. The van der Waals surface area contributed by atoms with Crippen LogP contribution >= 0.6 is 0 Å². The first kappa shape index (κ1) is 13.8. The van der Waals surface area contributed by atoms with E-state index in [1.165, 1.54) is 20.0 Å². The SMILES string of the molecule is COC(=O)c1cc(C)nc(NC2CCC(C)CC2)n1. The molecule has 1 N–H and O–H groups in total. The van der Waals surface area contributed by atoms with Crippen LogP contribution in [0.3, 0.4) is 0 Å². The molecule has 0 aromatic carbocycles. The van der Waals surface area contributed by atoms with E-state index in [4.69, 9.17) is 4.74 Å². The Hall–Kier alpha value is -1.65. The number of methoxy groups -OCH3 is 1. The van der Waals surface area contributed by atoms with Crippen LogP contribution in [0.15, 0.2) is 6.07 Å². The zero-order valence-electron chi connectivity index (χ0n) is 11.8. The molecule has 0 saturated heterocycles. The molecule has 1 heterocycles. The summed E-state index contributed by atoms with van der Waals surface area (Å²) in [6, 6.07) is 2.04. The van der Waals surface area contributed by atoms with Crippen molar-refractivity contribution in [1.82, 2.24) is 9.97 Å². The predicted octanol–water partition coefficient (Wildman–Crippen LogP) is 2.56. The van der Waals surface area contributed by atoms with Crippen LogP contribution in [0, 0.1) is 12.8 Å². The third-order valence-electron chi connectivity index (χ3n) is 3.60. The molecule has 5 heteroatoms. The van der Waals surface area contributed by atoms with Crippen molar-refractivity contribution in [2.24, 2.45) is 5.92 Å². The van der Waals surface area contributed by atoms with Crippen LogP contribution < -0.4 is 5.32 Å². The number of nitrogens with zero attached hydrogens (tertiary/aromatic N) is 2. The van der Waals surface area contributed by atoms with Crippen LogP contribution in [0.1, 0.15) is 48.8 Å². The van der Waals surface area contributed by atoms with Crippen LogP contribution in [0.25, 0.3) is 0 Å². The van der Waals surface area contributed by atoms with Gasteiger partial charge in [-0.2, -0.15) is 0 Å². The van der Waals surface area contributed by atoms with Gasteiger partial charge in [-0.25, -0.2) is 14.8 Å². The fraction of sp³-hybridized carbons (Fsp3) is 0.643. The molecule has 1 fully saturated rings. The van der Waals surface area contributed by atoms with Gasteiger partial charge in [-0.3, -0.25) is 0 Å². The minimum atomic E-state index is -0.425. The van der Waals surface area contributed by atoms with Crippen molar-refractivity contribution in [2.75, 3.05) is 12.4 Å². The van der Waals surface area contributed by atoms with Gasteiger partial charge in [-0.05, 0) is 44.6 Å². The summed E-state index contributed by atoms with van der Waals surface area (Å²) in [5.41, 5.74) is 1.07. The van der Waals surface area contributed by atoms with E-state index in [1.54, 1.807) is 6.07 Å². The largest absolute Gasteiger partial charge is 0.464 e. The summed E-state index contributed by atoms with van der Waals surface area (Å²) in [5.74, 6) is 0.910. The monoisotopic (exact) mass is 263 g/mol. The van der Waals surface area contributed by atoms with Gasteiger partial charge in [0.25, 0.3) is 0 Å². The molecule has 0 spiro atoms. The lowest BCUT2D eigenvalue weighted by molar-refractivity contribution is 0.0594. The predicted molar refractivity (Wildman–Crippen MR) is 73.2 cm³/mol. The van der Waals surface area contributed by atoms with Crippen LogP contribution in [-0.2, 0) is 4.74 Å². The second-order valence-electron chi connectivity index (χ2n) is 5.31. The first-order valence-electron chi connectivity index (χ1n) is 6.79. The lowest BCUT2D eigenvalue weighted by Crippen LogP contribution is -2.26. The van der Waals surface area contributed by atoms with E-state index < -0.39 is 5.97 Å². The summed E-state index contributed by atoms with van der Waals surface area (Å²) in [6.07, 6.45) is 4.72. The van der Waals surface area contributed by atoms with Crippen molar-refractivity contribution < 1.29 is 9.53 Å². The highest BCUT2D eigenvalue weighted by Gasteiger charge is 2.19. The Morgan fingerprint density at radius 3 is 2.63 bits per heavy atom. The molecule has 1 aliphatic carbocycles. The number of aryl methyl sites for hydroxylation is 1. The molecule has 5 nitrogen and oxygen atoms in total. The van der Waals surface area contributed by atoms with Crippen molar-refractivity contribution in [1.29, 1.82) is 0 Å². The molecule has 1 saturated carbocycles. The molecule has 0 aliphatic heterocycles. The van der Waals surface area contributed by atoms with E-state index in [2.05, 4.69) is 22.2 Å². The smallest absolute Gasteiger partial charge is 0.356 e. The average Bonchev–Trinajstić information content (AvgIpc) is 2.40. The molecule has 19 heavy (non-hydrogen) atoms. The fourth-order valence-electron chi connectivity index (χ4n) is 2.43. The van der Waals surface area contributed by atoms with E-state index in [0.717, 1.165) is 24.5 Å². The number of hydrogen-bond acceptors (Lipinski definition) is 5. The maximum absolute atomic E-state index is 11.5. The second-order valence-corrected chi connectivity index (χ2v) is 5.31. The summed E-state index contributed by atoms with van der Waals surface area (Å²) in [5, 5.41) is 3.33. The lowest BCUT2D eigenvalue weighted by atomic mass is 9.87. The van der Waals surface area contributed by atoms with Crippen LogP contribution in [0.4, 0.5) is 5.95 Å². The number of aromatic nitrogens is 2. The van der Waals surface area contributed by atoms with Gasteiger partial charge in [0.1, 0.15) is 0 Å². The van der Waals surface area contributed by atoms with Crippen molar-refractivity contribution >= 4 is 11.9 Å². The molecule has 1 aliphatic rings. The Bertz CT molecular complexity index is 454. The van der Waals surface area contributed by atoms with Crippen molar-refractivity contribution in [3.63, 3.8) is 0 Å². The zero-order valence-corrected chi connectivity index (χ0v) is 11.8. The molecule has 1 aromatic rings. The summed E-state index contributed by atoms with van der Waals surface area (Å²) in [6.45, 7) is 4.14. The van der Waals surface area contributed by atoms with Gasteiger partial charge in [0.2, 0.25) is 5.95 Å². The lowest BCUT2D eigenvalue weighted by Gasteiger charge is -2.27. The Morgan fingerprint density at radius 1 is 1.32 bits per heavy atom. The quantitative estimate of drug-likeness (QED) is 0.849. The molecule has 0 amide bonds. The van der Waals surface area contributed by atoms with Gasteiger partial charge in [0.15, 0.2) is 5.69 Å². The van der Waals surface area contributed by atoms with Crippen molar-refractivity contribution in [3.8, 4) is 0 Å². The number of rotatable bonds is 3. The van der Waals surface area contributed by atoms with E-state index in [1.807, 2.05) is 6.92 Å². The number of esters is 1. The first-order chi connectivity index (χ1) is 9.08. The van der Waals surface area contributed by atoms with Crippen LogP contribution in [-0.4, -0.2) is 29.1 Å². The summed E-state index contributed by atoms with van der Waals surface area (Å²) in [4.78, 5) is 20.1. The molecule has 0 unspecified atom stereocenters. The molecule has 2 rings (SSSR count). The molecule has 104 valence electrons. The highest BCUT2D eigenvalue weighted by molar-refractivity contribution is 5.87. The first-order valence-corrected chi connectivity index (χ1v) is 6.79. The number of nitrogens with one attached hydrogen (secondary N) is 1. The van der Waals surface area contributed by atoms with E-state index >= 15 is 0 Å². The number of anilines is 1. The van der Waals surface area contributed by atoms with Gasteiger partial charge in [-0.1, -0.05) is 6.92 Å². The maximum atomic E-state index is 11.5. The molecule has 0 radical (unpaired) electrons. The minimum Gasteiger partial charge on any atom is -0.464 e. The van der Waals surface area contributed by atoms with Gasteiger partial charge in [0, 0.05) is 11.7 Å². The molecule has 0 bridgehead atoms. The number of hydrogen-bond donors (Lipinski definition) is 1. The van der Waals surface area contributed by atoms with Crippen molar-refractivity contribution in [2.45, 2.75) is 45.6 Å². The van der Waals surface area contributed by atoms with Gasteiger partial charge < -0.3 is 10.1 Å². The molecular formula is C14H21N3O2. The number of ether oxygens (including phenoxy) is 1. The highest BCUT2D eigenvalue weighted by atomic mass is 16.5. The number of carbonyl (C=O) groups is 1. The minimum absolute atomic E-state index is 0.307. The normalized spacial score (nSPS) is 22.9. The Balaban J connectivity index is 2.07. The van der Waals surface area contributed by atoms with E-state index in [9.17, 15) is 4.79 Å². The highest BCUT2D eigenvalue weighted by Crippen LogP contribution is 2.25. The zero-order chi connectivity index (χ0) is 13.8. The number of carbonyl (C=O) groups excluding carboxylic acids is 1. The van der Waals surface area contributed by atoms with Gasteiger partial charge in [-0.15, -0.1) is 0 Å².